The van der Waals surface area contributed by atoms with Crippen LogP contribution >= 0.6 is 11.8 Å². The number of rotatable bonds is 11. The summed E-state index contributed by atoms with van der Waals surface area (Å²) in [4.78, 5) is 38.5. The number of carbonyl (C=O) groups is 3. The van der Waals surface area contributed by atoms with Gasteiger partial charge in [0.05, 0.1) is 16.3 Å². The van der Waals surface area contributed by atoms with Crippen molar-refractivity contribution in [3.05, 3.63) is 148 Å². The van der Waals surface area contributed by atoms with Crippen LogP contribution in [0.1, 0.15) is 37.4 Å². The zero-order chi connectivity index (χ0) is 43.0. The molecule has 0 atom stereocenters. The van der Waals surface area contributed by atoms with Crippen molar-refractivity contribution in [2.45, 2.75) is 19.6 Å². The molecule has 21 heteroatoms. The maximum Gasteiger partial charge on any atom is 0.298 e. The standard InChI is InChI=1S/C39H27N5O12S4/c45-37-32-2-1-3-34(59(51,52)53)31(32)18-19-33(37)43-41-25-6-4-22(5-7-25)39(47)40-24-8-12-27(13-9-24)57-28-14-10-26(11-15-28)42-44-36-30-17-16-29(58(48,49)50)20-23(30)21-35(38(36)46)60(54,55)56/h1-21,41-42H,(H,40,47)(H,48,49,50)(H,51,52,53)(H,54,55,56). The van der Waals surface area contributed by atoms with E-state index in [1.54, 1.807) is 72.8 Å². The van der Waals surface area contributed by atoms with Crippen LogP contribution < -0.4 is 16.2 Å². The first-order chi connectivity index (χ1) is 28.3. The lowest BCUT2D eigenvalue weighted by Crippen LogP contribution is -2.27. The predicted octanol–water partition coefficient (Wildman–Crippen LogP) is 5.89. The molecular weight excluding hydrogens is 859 g/mol. The Morgan fingerprint density at radius 3 is 1.80 bits per heavy atom. The highest BCUT2D eigenvalue weighted by atomic mass is 32.2. The van der Waals surface area contributed by atoms with Crippen molar-refractivity contribution in [3.8, 4) is 0 Å². The summed E-state index contributed by atoms with van der Waals surface area (Å²) < 4.78 is 98.9. The zero-order valence-corrected chi connectivity index (χ0v) is 33.4. The number of hydrogen-bond donors (Lipinski definition) is 6. The van der Waals surface area contributed by atoms with Crippen LogP contribution in [0.5, 0.6) is 0 Å². The minimum Gasteiger partial charge on any atom is -0.322 e. The van der Waals surface area contributed by atoms with Crippen molar-refractivity contribution in [2.75, 3.05) is 16.2 Å². The van der Waals surface area contributed by atoms with E-state index in [0.29, 0.717) is 22.6 Å². The third kappa shape index (κ3) is 9.16. The number of allylic oxidation sites excluding steroid dienone is 2. The van der Waals surface area contributed by atoms with Gasteiger partial charge in [-0.25, -0.2) is 0 Å². The molecular formula is C39H27N5O12S4. The molecule has 0 unspecified atom stereocenters. The van der Waals surface area contributed by atoms with Crippen LogP contribution in [-0.2, 0) is 35.1 Å². The van der Waals surface area contributed by atoms with Crippen molar-refractivity contribution >= 4 is 100 Å². The molecule has 0 heterocycles. The Labute approximate surface area is 345 Å². The molecule has 0 saturated heterocycles. The lowest BCUT2D eigenvalue weighted by Gasteiger charge is -2.17. The van der Waals surface area contributed by atoms with E-state index < -0.39 is 57.4 Å². The van der Waals surface area contributed by atoms with Gasteiger partial charge in [-0.15, -0.1) is 0 Å². The van der Waals surface area contributed by atoms with Gasteiger partial charge < -0.3 is 5.32 Å². The Bertz CT molecular complexity index is 3090. The molecule has 0 spiro atoms. The summed E-state index contributed by atoms with van der Waals surface area (Å²) in [6, 6.07) is 27.2. The van der Waals surface area contributed by atoms with E-state index in [0.717, 1.165) is 28.0 Å². The van der Waals surface area contributed by atoms with E-state index in [9.17, 15) is 53.3 Å². The number of hydrazone groups is 2. The molecule has 0 radical (unpaired) electrons. The van der Waals surface area contributed by atoms with Crippen LogP contribution in [-0.4, -0.2) is 67.8 Å². The molecule has 17 nitrogen and oxygen atoms in total. The van der Waals surface area contributed by atoms with Gasteiger partial charge in [0.25, 0.3) is 36.3 Å². The van der Waals surface area contributed by atoms with Gasteiger partial charge in [-0.2, -0.15) is 35.5 Å². The highest BCUT2D eigenvalue weighted by Crippen LogP contribution is 2.31. The molecule has 2 aliphatic carbocycles. The number of fused-ring (bicyclic) bond motifs is 2. The number of anilines is 3. The smallest absolute Gasteiger partial charge is 0.298 e. The normalized spacial score (nSPS) is 15.3. The second-order valence-electron chi connectivity index (χ2n) is 12.8. The van der Waals surface area contributed by atoms with Crippen molar-refractivity contribution < 1.29 is 53.3 Å². The van der Waals surface area contributed by atoms with Gasteiger partial charge >= 0.3 is 0 Å². The van der Waals surface area contributed by atoms with Gasteiger partial charge in [0.1, 0.15) is 21.2 Å². The quantitative estimate of drug-likeness (QED) is 0.0667. The van der Waals surface area contributed by atoms with E-state index in [1.165, 1.54) is 48.2 Å². The number of amides is 1. The van der Waals surface area contributed by atoms with E-state index in [4.69, 9.17) is 0 Å². The highest BCUT2D eigenvalue weighted by molar-refractivity contribution is 7.99. The largest absolute Gasteiger partial charge is 0.322 e. The van der Waals surface area contributed by atoms with Gasteiger partial charge in [-0.05, 0) is 109 Å². The molecule has 304 valence electrons. The van der Waals surface area contributed by atoms with Crippen LogP contribution in [0.15, 0.2) is 150 Å². The van der Waals surface area contributed by atoms with Crippen molar-refractivity contribution in [1.29, 1.82) is 0 Å². The van der Waals surface area contributed by atoms with Crippen molar-refractivity contribution in [1.82, 2.24) is 0 Å². The maximum atomic E-state index is 13.0. The Kier molecular flexibility index (Phi) is 11.2. The van der Waals surface area contributed by atoms with Gasteiger partial charge in [0, 0.05) is 37.7 Å². The number of carbonyl (C=O) groups excluding carboxylic acids is 3. The molecule has 0 fully saturated rings. The minimum atomic E-state index is -5.02. The molecule has 60 heavy (non-hydrogen) atoms. The average molecular weight is 886 g/mol. The minimum absolute atomic E-state index is 0.00159. The van der Waals surface area contributed by atoms with E-state index >= 15 is 0 Å². The van der Waals surface area contributed by atoms with Gasteiger partial charge in [0.2, 0.25) is 11.6 Å². The summed E-state index contributed by atoms with van der Waals surface area (Å²) in [5, 5.41) is 11.0. The molecule has 6 N–H and O–H groups in total. The Morgan fingerprint density at radius 1 is 0.600 bits per heavy atom. The summed E-state index contributed by atoms with van der Waals surface area (Å²) in [6.07, 6.45) is 3.50. The third-order valence-electron chi connectivity index (χ3n) is 8.76. The molecule has 0 bridgehead atoms. The number of nitrogens with zero attached hydrogens (tertiary/aromatic N) is 2. The number of ketones is 2. The first kappa shape index (κ1) is 41.6. The van der Waals surface area contributed by atoms with Gasteiger partial charge in [-0.1, -0.05) is 36.0 Å². The van der Waals surface area contributed by atoms with E-state index in [2.05, 4.69) is 26.4 Å². The van der Waals surface area contributed by atoms with E-state index in [1.807, 2.05) is 0 Å². The molecule has 2 aliphatic rings. The SMILES string of the molecule is O=C1C(S(=O)(=O)O)=Cc2cc(S(=O)(=O)O)ccc2C1=NNc1ccc(Sc2ccc(NC(=O)c3ccc(NN=C4C=Cc5c(cccc5S(=O)(=O)O)C4=O)cc3)cc2)cc1. The molecule has 0 saturated carbocycles. The fourth-order valence-corrected chi connectivity index (χ4v) is 8.52. The van der Waals surface area contributed by atoms with Crippen LogP contribution in [0.25, 0.3) is 12.2 Å². The second kappa shape index (κ2) is 16.2. The average Bonchev–Trinajstić information content (AvgIpc) is 3.20. The molecule has 0 aromatic heterocycles. The van der Waals surface area contributed by atoms with Crippen molar-refractivity contribution in [3.63, 3.8) is 0 Å². The van der Waals surface area contributed by atoms with Gasteiger partial charge in [0.15, 0.2) is 0 Å². The number of hydrogen-bond acceptors (Lipinski definition) is 14. The summed E-state index contributed by atoms with van der Waals surface area (Å²) in [7, 11) is -14.2. The lowest BCUT2D eigenvalue weighted by atomic mass is 9.94. The number of Topliss-reactive ketones (excluding diaryl/α,β-unsaturated/α-hetero) is 2. The van der Waals surface area contributed by atoms with Crippen molar-refractivity contribution in [2.24, 2.45) is 10.2 Å². The number of nitrogens with one attached hydrogen (secondary N) is 3. The Balaban J connectivity index is 0.947. The summed E-state index contributed by atoms with van der Waals surface area (Å²) in [5.41, 5.74) is 6.82. The van der Waals surface area contributed by atoms with Crippen LogP contribution in [0.3, 0.4) is 0 Å². The number of benzene rings is 5. The molecule has 5 aromatic rings. The third-order valence-corrected chi connectivity index (χ3v) is 12.4. The topological polar surface area (TPSA) is 275 Å². The monoisotopic (exact) mass is 885 g/mol. The summed E-state index contributed by atoms with van der Waals surface area (Å²) in [5.74, 6) is -2.07. The Hall–Kier alpha value is -6.59. The van der Waals surface area contributed by atoms with Gasteiger partial charge in [-0.3, -0.25) is 38.9 Å². The van der Waals surface area contributed by atoms with Crippen LogP contribution in [0, 0.1) is 0 Å². The fraction of sp³-hybridized carbons (Fsp3) is 0. The van der Waals surface area contributed by atoms with E-state index in [-0.39, 0.29) is 38.8 Å². The zero-order valence-electron chi connectivity index (χ0n) is 30.2. The predicted molar refractivity (Wildman–Crippen MR) is 223 cm³/mol. The highest BCUT2D eigenvalue weighted by Gasteiger charge is 2.34. The Morgan fingerprint density at radius 2 is 1.20 bits per heavy atom. The van der Waals surface area contributed by atoms with Crippen LogP contribution in [0.4, 0.5) is 17.1 Å². The molecule has 7 rings (SSSR count). The summed E-state index contributed by atoms with van der Waals surface area (Å²) >= 11 is 1.40. The van der Waals surface area contributed by atoms with Crippen LogP contribution in [0.2, 0.25) is 0 Å². The summed E-state index contributed by atoms with van der Waals surface area (Å²) in [6.45, 7) is 0. The maximum absolute atomic E-state index is 13.0. The first-order valence-corrected chi connectivity index (χ1v) is 22.1. The molecule has 1 amide bonds. The second-order valence-corrected chi connectivity index (χ2v) is 18.1. The fourth-order valence-electron chi connectivity index (χ4n) is 5.87. The molecule has 0 aliphatic heterocycles. The lowest BCUT2D eigenvalue weighted by molar-refractivity contribution is -0.109. The molecule has 5 aromatic carbocycles. The first-order valence-electron chi connectivity index (χ1n) is 17.0.